The van der Waals surface area contributed by atoms with E-state index < -0.39 is 0 Å². The van der Waals surface area contributed by atoms with Crippen LogP contribution in [-0.2, 0) is 6.54 Å². The van der Waals surface area contributed by atoms with Crippen LogP contribution in [0, 0.1) is 6.92 Å². The number of nitrogens with one attached hydrogen (secondary N) is 1. The lowest BCUT2D eigenvalue weighted by Gasteiger charge is -2.02. The summed E-state index contributed by atoms with van der Waals surface area (Å²) in [5.74, 6) is 1.14. The lowest BCUT2D eigenvalue weighted by Crippen LogP contribution is -2.22. The third kappa shape index (κ3) is 2.44. The van der Waals surface area contributed by atoms with E-state index in [1.807, 2.05) is 0 Å². The third-order valence-electron chi connectivity index (χ3n) is 2.05. The van der Waals surface area contributed by atoms with Gasteiger partial charge in [-0.1, -0.05) is 0 Å². The Morgan fingerprint density at radius 2 is 2.19 bits per heavy atom. The van der Waals surface area contributed by atoms with Gasteiger partial charge in [0.25, 0.3) is 5.91 Å². The van der Waals surface area contributed by atoms with Gasteiger partial charge in [0, 0.05) is 12.4 Å². The molecule has 1 amide bonds. The summed E-state index contributed by atoms with van der Waals surface area (Å²) in [6.07, 6.45) is 4.57. The van der Waals surface area contributed by atoms with Crippen LogP contribution >= 0.6 is 0 Å². The van der Waals surface area contributed by atoms with Gasteiger partial charge in [-0.25, -0.2) is 9.97 Å². The average molecular weight is 217 g/mol. The minimum absolute atomic E-state index is 0.212. The maximum absolute atomic E-state index is 11.6. The topological polar surface area (TPSA) is 68.0 Å². The van der Waals surface area contributed by atoms with Gasteiger partial charge < -0.3 is 9.73 Å². The van der Waals surface area contributed by atoms with Gasteiger partial charge in [0.05, 0.1) is 18.4 Å². The molecule has 0 aromatic carbocycles. The first-order valence-electron chi connectivity index (χ1n) is 4.85. The van der Waals surface area contributed by atoms with Gasteiger partial charge in [0.2, 0.25) is 0 Å². The maximum Gasteiger partial charge on any atom is 0.254 e. The van der Waals surface area contributed by atoms with Crippen LogP contribution in [0.5, 0.6) is 0 Å². The van der Waals surface area contributed by atoms with Crippen molar-refractivity contribution in [3.63, 3.8) is 0 Å². The molecular weight excluding hydrogens is 206 g/mol. The Labute approximate surface area is 92.5 Å². The second-order valence-corrected chi connectivity index (χ2v) is 3.28. The highest BCUT2D eigenvalue weighted by Crippen LogP contribution is 2.00. The molecule has 0 aliphatic rings. The molecule has 2 heterocycles. The van der Waals surface area contributed by atoms with Crippen molar-refractivity contribution in [3.8, 4) is 0 Å². The molecule has 0 unspecified atom stereocenters. The highest BCUT2D eigenvalue weighted by atomic mass is 16.3. The summed E-state index contributed by atoms with van der Waals surface area (Å²) in [7, 11) is 0. The fourth-order valence-electron chi connectivity index (χ4n) is 1.19. The average Bonchev–Trinajstić information content (AvgIpc) is 2.80. The minimum atomic E-state index is -0.212. The molecule has 2 aromatic heterocycles. The monoisotopic (exact) mass is 217 g/mol. The first-order valence-corrected chi connectivity index (χ1v) is 4.85. The zero-order valence-corrected chi connectivity index (χ0v) is 8.80. The van der Waals surface area contributed by atoms with Crippen LogP contribution in [0.1, 0.15) is 21.9 Å². The lowest BCUT2D eigenvalue weighted by molar-refractivity contribution is 0.0947. The second-order valence-electron chi connectivity index (χ2n) is 3.28. The van der Waals surface area contributed by atoms with Gasteiger partial charge >= 0.3 is 0 Å². The summed E-state index contributed by atoms with van der Waals surface area (Å²) < 4.78 is 5.09. The minimum Gasteiger partial charge on any atom is -0.467 e. The molecule has 0 bridgehead atoms. The van der Waals surface area contributed by atoms with E-state index in [1.54, 1.807) is 25.3 Å². The van der Waals surface area contributed by atoms with Crippen molar-refractivity contribution in [2.45, 2.75) is 13.5 Å². The number of carbonyl (C=O) groups excluding carboxylic acids is 1. The van der Waals surface area contributed by atoms with Crippen LogP contribution in [0.3, 0.4) is 0 Å². The van der Waals surface area contributed by atoms with Gasteiger partial charge in [0.15, 0.2) is 0 Å². The van der Waals surface area contributed by atoms with Crippen LogP contribution in [0.2, 0.25) is 0 Å². The summed E-state index contributed by atoms with van der Waals surface area (Å²) in [4.78, 5) is 19.5. The predicted molar refractivity (Wildman–Crippen MR) is 56.6 cm³/mol. The fourth-order valence-corrected chi connectivity index (χ4v) is 1.19. The van der Waals surface area contributed by atoms with E-state index in [0.29, 0.717) is 23.7 Å². The predicted octanol–water partition coefficient (Wildman–Crippen LogP) is 1.31. The molecule has 2 aromatic rings. The number of aryl methyl sites for hydroxylation is 1. The summed E-state index contributed by atoms with van der Waals surface area (Å²) in [6, 6.07) is 3.57. The van der Waals surface area contributed by atoms with Gasteiger partial charge in [-0.2, -0.15) is 0 Å². The molecule has 0 saturated heterocycles. The van der Waals surface area contributed by atoms with Crippen molar-refractivity contribution >= 4 is 5.91 Å². The standard InChI is InChI=1S/C11H11N3O2/c1-8-12-5-9(6-13-8)11(15)14-7-10-3-2-4-16-10/h2-6H,7H2,1H3,(H,14,15). The van der Waals surface area contributed by atoms with Crippen molar-refractivity contribution in [1.29, 1.82) is 0 Å². The molecule has 82 valence electrons. The second kappa shape index (κ2) is 4.57. The molecule has 0 atom stereocenters. The number of furan rings is 1. The Hall–Kier alpha value is -2.17. The smallest absolute Gasteiger partial charge is 0.254 e. The van der Waals surface area contributed by atoms with Crippen LogP contribution in [0.15, 0.2) is 35.2 Å². The number of aromatic nitrogens is 2. The highest BCUT2D eigenvalue weighted by Gasteiger charge is 2.06. The molecule has 5 nitrogen and oxygen atoms in total. The zero-order valence-electron chi connectivity index (χ0n) is 8.80. The molecule has 2 rings (SSSR count). The van der Waals surface area contributed by atoms with Gasteiger partial charge in [-0.3, -0.25) is 4.79 Å². The Kier molecular flexibility index (Phi) is 2.95. The first-order chi connectivity index (χ1) is 7.75. The lowest BCUT2D eigenvalue weighted by atomic mass is 10.3. The maximum atomic E-state index is 11.6. The molecule has 0 radical (unpaired) electrons. The molecule has 5 heteroatoms. The van der Waals surface area contributed by atoms with E-state index >= 15 is 0 Å². The van der Waals surface area contributed by atoms with E-state index in [2.05, 4.69) is 15.3 Å². The van der Waals surface area contributed by atoms with E-state index in [9.17, 15) is 4.79 Å². The van der Waals surface area contributed by atoms with Crippen LogP contribution in [0.25, 0.3) is 0 Å². The van der Waals surface area contributed by atoms with Crippen LogP contribution < -0.4 is 5.32 Å². The number of nitrogens with zero attached hydrogens (tertiary/aromatic N) is 2. The van der Waals surface area contributed by atoms with Crippen molar-refractivity contribution in [2.24, 2.45) is 0 Å². The number of amides is 1. The first kappa shape index (κ1) is 10.4. The van der Waals surface area contributed by atoms with E-state index in [0.717, 1.165) is 0 Å². The van der Waals surface area contributed by atoms with E-state index in [1.165, 1.54) is 12.4 Å². The van der Waals surface area contributed by atoms with Gasteiger partial charge in [-0.05, 0) is 19.1 Å². The largest absolute Gasteiger partial charge is 0.467 e. The molecule has 0 saturated carbocycles. The fraction of sp³-hybridized carbons (Fsp3) is 0.182. The molecule has 0 fully saturated rings. The molecule has 16 heavy (non-hydrogen) atoms. The van der Waals surface area contributed by atoms with E-state index in [-0.39, 0.29) is 5.91 Å². The zero-order chi connectivity index (χ0) is 11.4. The Morgan fingerprint density at radius 3 is 2.81 bits per heavy atom. The summed E-state index contributed by atoms with van der Waals surface area (Å²) in [6.45, 7) is 2.13. The number of hydrogen-bond acceptors (Lipinski definition) is 4. The Morgan fingerprint density at radius 1 is 1.44 bits per heavy atom. The van der Waals surface area contributed by atoms with Crippen molar-refractivity contribution in [3.05, 3.63) is 47.9 Å². The molecule has 0 aliphatic carbocycles. The van der Waals surface area contributed by atoms with Crippen molar-refractivity contribution < 1.29 is 9.21 Å². The number of carbonyl (C=O) groups is 1. The van der Waals surface area contributed by atoms with Crippen molar-refractivity contribution in [1.82, 2.24) is 15.3 Å². The Balaban J connectivity index is 1.95. The number of rotatable bonds is 3. The highest BCUT2D eigenvalue weighted by molar-refractivity contribution is 5.93. The molecule has 1 N–H and O–H groups in total. The van der Waals surface area contributed by atoms with Gasteiger partial charge in [-0.15, -0.1) is 0 Å². The third-order valence-corrected chi connectivity index (χ3v) is 2.05. The molecular formula is C11H11N3O2. The van der Waals surface area contributed by atoms with Crippen molar-refractivity contribution in [2.75, 3.05) is 0 Å². The summed E-state index contributed by atoms with van der Waals surface area (Å²) >= 11 is 0. The van der Waals surface area contributed by atoms with E-state index in [4.69, 9.17) is 4.42 Å². The number of hydrogen-bond donors (Lipinski definition) is 1. The SMILES string of the molecule is Cc1ncc(C(=O)NCc2ccco2)cn1. The Bertz CT molecular complexity index is 462. The molecule has 0 aliphatic heterocycles. The summed E-state index contributed by atoms with van der Waals surface area (Å²) in [5.41, 5.74) is 0.442. The molecule has 0 spiro atoms. The van der Waals surface area contributed by atoms with Gasteiger partial charge in [0.1, 0.15) is 11.6 Å². The normalized spacial score (nSPS) is 10.1. The van der Waals surface area contributed by atoms with Crippen LogP contribution in [-0.4, -0.2) is 15.9 Å². The van der Waals surface area contributed by atoms with Crippen LogP contribution in [0.4, 0.5) is 0 Å². The summed E-state index contributed by atoms with van der Waals surface area (Å²) in [5, 5.41) is 2.71. The quantitative estimate of drug-likeness (QED) is 0.841.